The topological polar surface area (TPSA) is 59.8 Å². The van der Waals surface area contributed by atoms with Crippen LogP contribution in [0.1, 0.15) is 56.0 Å². The molecule has 1 aliphatic carbocycles. The molecular formula is C20H28N4OS. The maximum atomic E-state index is 12.1. The zero-order valence-corrected chi connectivity index (χ0v) is 16.3. The van der Waals surface area contributed by atoms with Crippen LogP contribution in [0, 0.1) is 6.92 Å². The van der Waals surface area contributed by atoms with Crippen molar-refractivity contribution in [2.45, 2.75) is 63.1 Å². The summed E-state index contributed by atoms with van der Waals surface area (Å²) in [6.45, 7) is 2.72. The molecule has 0 atom stereocenters. The molecule has 0 aliphatic heterocycles. The molecule has 2 aromatic rings. The van der Waals surface area contributed by atoms with Crippen molar-refractivity contribution in [1.82, 2.24) is 20.1 Å². The van der Waals surface area contributed by atoms with Gasteiger partial charge in [-0.15, -0.1) is 10.2 Å². The predicted molar refractivity (Wildman–Crippen MR) is 105 cm³/mol. The first kappa shape index (κ1) is 19.0. The third-order valence-corrected chi connectivity index (χ3v) is 5.86. The molecular weight excluding hydrogens is 344 g/mol. The molecule has 0 bridgehead atoms. The molecule has 1 amide bonds. The standard InChI is InChI=1S/C20H28N4OS/c1-16-22-23-20(24(16)18-12-6-3-7-13-18)26-15-19(25)21-14-8-11-17-9-4-2-5-10-17/h2,4-5,9-10,18H,3,6-8,11-15H2,1H3,(H,21,25). The van der Waals surface area contributed by atoms with Gasteiger partial charge in [0.1, 0.15) is 5.82 Å². The average molecular weight is 373 g/mol. The van der Waals surface area contributed by atoms with E-state index >= 15 is 0 Å². The van der Waals surface area contributed by atoms with Gasteiger partial charge in [0, 0.05) is 12.6 Å². The third kappa shape index (κ3) is 5.34. The van der Waals surface area contributed by atoms with Crippen molar-refractivity contribution in [1.29, 1.82) is 0 Å². The van der Waals surface area contributed by atoms with Crippen molar-refractivity contribution in [3.05, 3.63) is 41.7 Å². The lowest BCUT2D eigenvalue weighted by Crippen LogP contribution is -2.26. The van der Waals surface area contributed by atoms with Crippen LogP contribution in [0.5, 0.6) is 0 Å². The zero-order chi connectivity index (χ0) is 18.2. The van der Waals surface area contributed by atoms with Crippen LogP contribution in [0.25, 0.3) is 0 Å². The van der Waals surface area contributed by atoms with Crippen molar-refractivity contribution in [2.24, 2.45) is 0 Å². The molecule has 1 saturated carbocycles. The highest BCUT2D eigenvalue weighted by molar-refractivity contribution is 7.99. The van der Waals surface area contributed by atoms with Crippen molar-refractivity contribution in [2.75, 3.05) is 12.3 Å². The SMILES string of the molecule is Cc1nnc(SCC(=O)NCCCc2ccccc2)n1C1CCCCC1. The Hall–Kier alpha value is -1.82. The molecule has 140 valence electrons. The maximum Gasteiger partial charge on any atom is 0.230 e. The third-order valence-electron chi connectivity index (χ3n) is 4.91. The van der Waals surface area contributed by atoms with Crippen LogP contribution in [0.4, 0.5) is 0 Å². The van der Waals surface area contributed by atoms with Gasteiger partial charge >= 0.3 is 0 Å². The number of carbonyl (C=O) groups is 1. The van der Waals surface area contributed by atoms with Gasteiger partial charge in [-0.3, -0.25) is 4.79 Å². The van der Waals surface area contributed by atoms with Gasteiger partial charge in [-0.2, -0.15) is 0 Å². The lowest BCUT2D eigenvalue weighted by molar-refractivity contribution is -0.118. The maximum absolute atomic E-state index is 12.1. The Morgan fingerprint density at radius 3 is 2.73 bits per heavy atom. The minimum Gasteiger partial charge on any atom is -0.355 e. The number of nitrogens with zero attached hydrogens (tertiary/aromatic N) is 3. The number of carbonyl (C=O) groups excluding carboxylic acids is 1. The molecule has 0 unspecified atom stereocenters. The number of aryl methyl sites for hydroxylation is 2. The first-order chi connectivity index (χ1) is 12.7. The van der Waals surface area contributed by atoms with E-state index < -0.39 is 0 Å². The van der Waals surface area contributed by atoms with Gasteiger partial charge in [0.25, 0.3) is 0 Å². The van der Waals surface area contributed by atoms with Crippen LogP contribution in [0.15, 0.2) is 35.5 Å². The molecule has 0 spiro atoms. The summed E-state index contributed by atoms with van der Waals surface area (Å²) in [4.78, 5) is 12.1. The van der Waals surface area contributed by atoms with E-state index in [0.717, 1.165) is 23.8 Å². The van der Waals surface area contributed by atoms with Gasteiger partial charge in [-0.25, -0.2) is 0 Å². The first-order valence-corrected chi connectivity index (χ1v) is 10.6. The van der Waals surface area contributed by atoms with E-state index in [0.29, 0.717) is 18.3 Å². The fraction of sp³-hybridized carbons (Fsp3) is 0.550. The molecule has 1 aliphatic rings. The number of hydrogen-bond donors (Lipinski definition) is 1. The largest absolute Gasteiger partial charge is 0.355 e. The number of hydrogen-bond acceptors (Lipinski definition) is 4. The molecule has 1 fully saturated rings. The molecule has 26 heavy (non-hydrogen) atoms. The second-order valence-corrected chi connectivity index (χ2v) is 7.86. The van der Waals surface area contributed by atoms with Gasteiger partial charge in [0.05, 0.1) is 5.75 Å². The van der Waals surface area contributed by atoms with Gasteiger partial charge in [0.15, 0.2) is 5.16 Å². The molecule has 0 saturated heterocycles. The van der Waals surface area contributed by atoms with Crippen molar-refractivity contribution < 1.29 is 4.79 Å². The van der Waals surface area contributed by atoms with Crippen molar-refractivity contribution in [3.8, 4) is 0 Å². The van der Waals surface area contributed by atoms with Crippen molar-refractivity contribution >= 4 is 17.7 Å². The summed E-state index contributed by atoms with van der Waals surface area (Å²) >= 11 is 1.50. The Bertz CT molecular complexity index is 695. The molecule has 1 N–H and O–H groups in total. The fourth-order valence-corrected chi connectivity index (χ4v) is 4.44. The minimum absolute atomic E-state index is 0.0684. The molecule has 1 aromatic heterocycles. The summed E-state index contributed by atoms with van der Waals surface area (Å²) in [5, 5.41) is 12.4. The Morgan fingerprint density at radius 1 is 1.19 bits per heavy atom. The van der Waals surface area contributed by atoms with E-state index in [4.69, 9.17) is 0 Å². The Balaban J connectivity index is 1.42. The number of thioether (sulfide) groups is 1. The summed E-state index contributed by atoms with van der Waals surface area (Å²) in [7, 11) is 0. The number of benzene rings is 1. The van der Waals surface area contributed by atoms with Crippen LogP contribution in [-0.2, 0) is 11.2 Å². The van der Waals surface area contributed by atoms with E-state index in [1.54, 1.807) is 0 Å². The van der Waals surface area contributed by atoms with Gasteiger partial charge in [-0.1, -0.05) is 61.4 Å². The fourth-order valence-electron chi connectivity index (χ4n) is 3.55. The number of amides is 1. The summed E-state index contributed by atoms with van der Waals surface area (Å²) in [5.41, 5.74) is 1.31. The van der Waals surface area contributed by atoms with Gasteiger partial charge in [-0.05, 0) is 38.2 Å². The minimum atomic E-state index is 0.0684. The number of rotatable bonds is 8. The number of aromatic nitrogens is 3. The summed E-state index contributed by atoms with van der Waals surface area (Å²) in [5.74, 6) is 1.43. The Morgan fingerprint density at radius 2 is 1.96 bits per heavy atom. The molecule has 1 heterocycles. The second kappa shape index (κ2) is 9.76. The molecule has 0 radical (unpaired) electrons. The Labute approximate surface area is 160 Å². The highest BCUT2D eigenvalue weighted by Crippen LogP contribution is 2.32. The number of nitrogens with one attached hydrogen (secondary N) is 1. The molecule has 5 nitrogen and oxygen atoms in total. The molecule has 3 rings (SSSR count). The quantitative estimate of drug-likeness (QED) is 0.563. The highest BCUT2D eigenvalue weighted by atomic mass is 32.2. The monoisotopic (exact) mass is 372 g/mol. The van der Waals surface area contributed by atoms with E-state index in [1.165, 1.54) is 49.4 Å². The lowest BCUT2D eigenvalue weighted by atomic mass is 9.95. The normalized spacial score (nSPS) is 15.1. The van der Waals surface area contributed by atoms with E-state index in [-0.39, 0.29) is 5.91 Å². The molecule has 6 heteroatoms. The van der Waals surface area contributed by atoms with E-state index in [2.05, 4.69) is 44.3 Å². The zero-order valence-electron chi connectivity index (χ0n) is 15.5. The summed E-state index contributed by atoms with van der Waals surface area (Å²) in [6, 6.07) is 10.9. The van der Waals surface area contributed by atoms with Crippen LogP contribution >= 0.6 is 11.8 Å². The Kier molecular flexibility index (Phi) is 7.12. The average Bonchev–Trinajstić information content (AvgIpc) is 3.05. The van der Waals surface area contributed by atoms with E-state index in [9.17, 15) is 4.79 Å². The second-order valence-electron chi connectivity index (χ2n) is 6.92. The lowest BCUT2D eigenvalue weighted by Gasteiger charge is -2.24. The van der Waals surface area contributed by atoms with Gasteiger partial charge in [0.2, 0.25) is 5.91 Å². The first-order valence-electron chi connectivity index (χ1n) is 9.59. The smallest absolute Gasteiger partial charge is 0.230 e. The highest BCUT2D eigenvalue weighted by Gasteiger charge is 2.21. The predicted octanol–water partition coefficient (Wildman–Crippen LogP) is 3.93. The van der Waals surface area contributed by atoms with Crippen LogP contribution in [-0.4, -0.2) is 33.0 Å². The van der Waals surface area contributed by atoms with Crippen LogP contribution in [0.2, 0.25) is 0 Å². The van der Waals surface area contributed by atoms with Crippen molar-refractivity contribution in [3.63, 3.8) is 0 Å². The van der Waals surface area contributed by atoms with Gasteiger partial charge < -0.3 is 9.88 Å². The van der Waals surface area contributed by atoms with Crippen LogP contribution < -0.4 is 5.32 Å². The molecule has 1 aromatic carbocycles. The van der Waals surface area contributed by atoms with E-state index in [1.807, 2.05) is 13.0 Å². The van der Waals surface area contributed by atoms with Crippen LogP contribution in [0.3, 0.4) is 0 Å². The summed E-state index contributed by atoms with van der Waals surface area (Å²) in [6.07, 6.45) is 8.20. The summed E-state index contributed by atoms with van der Waals surface area (Å²) < 4.78 is 2.24.